The number of thiazole rings is 1. The molecule has 2 aromatic heterocycles. The van der Waals surface area contributed by atoms with E-state index in [0.29, 0.717) is 5.01 Å². The molecule has 1 N–H and O–H groups in total. The third-order valence-corrected chi connectivity index (χ3v) is 4.67. The summed E-state index contributed by atoms with van der Waals surface area (Å²) in [5.74, 6) is 0.112. The number of rotatable bonds is 3. The van der Waals surface area contributed by atoms with Gasteiger partial charge < -0.3 is 0 Å². The maximum Gasteiger partial charge on any atom is 0.274 e. The van der Waals surface area contributed by atoms with Crippen LogP contribution < -0.4 is 4.72 Å². The van der Waals surface area contributed by atoms with Gasteiger partial charge in [-0.05, 0) is 19.1 Å². The van der Waals surface area contributed by atoms with Crippen molar-refractivity contribution in [3.05, 3.63) is 28.5 Å². The normalized spacial score (nSPS) is 11.4. The largest absolute Gasteiger partial charge is 0.274 e. The second-order valence-corrected chi connectivity index (χ2v) is 6.58. The van der Waals surface area contributed by atoms with E-state index in [1.165, 1.54) is 18.3 Å². The molecule has 0 unspecified atom stereocenters. The van der Waals surface area contributed by atoms with Crippen molar-refractivity contribution in [2.75, 3.05) is 4.72 Å². The van der Waals surface area contributed by atoms with Crippen molar-refractivity contribution in [3.8, 4) is 0 Å². The number of aromatic nitrogens is 3. The van der Waals surface area contributed by atoms with Crippen LogP contribution in [0.25, 0.3) is 0 Å². The first-order valence-electron chi connectivity index (χ1n) is 4.42. The van der Waals surface area contributed by atoms with Gasteiger partial charge in [0, 0.05) is 0 Å². The van der Waals surface area contributed by atoms with Crippen molar-refractivity contribution in [3.63, 3.8) is 0 Å². The van der Waals surface area contributed by atoms with Crippen LogP contribution in [0.3, 0.4) is 0 Å². The Morgan fingerprint density at radius 2 is 2.12 bits per heavy atom. The molecule has 6 nitrogen and oxygen atoms in total. The second kappa shape index (κ2) is 4.55. The summed E-state index contributed by atoms with van der Waals surface area (Å²) in [6.07, 6.45) is 1.30. The van der Waals surface area contributed by atoms with Crippen LogP contribution in [0.1, 0.15) is 5.01 Å². The molecule has 0 saturated carbocycles. The summed E-state index contributed by atoms with van der Waals surface area (Å²) in [4.78, 5) is 3.88. The Balaban J connectivity index is 2.26. The lowest BCUT2D eigenvalue weighted by molar-refractivity contribution is 0.602. The number of hydrogen-bond acceptors (Lipinski definition) is 6. The Labute approximate surface area is 107 Å². The standard InChI is InChI=1S/C8H7ClN4O2S2/c1-5-10-4-8(16-5)17(14,15)13-7-3-2-6(9)11-12-7/h2-4H,1H3,(H,12,13). The van der Waals surface area contributed by atoms with Gasteiger partial charge >= 0.3 is 0 Å². The molecule has 0 aliphatic carbocycles. The number of halogens is 1. The molecule has 2 heterocycles. The minimum Gasteiger partial charge on any atom is -0.261 e. The highest BCUT2D eigenvalue weighted by Crippen LogP contribution is 2.20. The molecule has 0 radical (unpaired) electrons. The maximum atomic E-state index is 11.9. The quantitative estimate of drug-likeness (QED) is 0.930. The van der Waals surface area contributed by atoms with Gasteiger partial charge in [0.05, 0.1) is 11.2 Å². The zero-order valence-electron chi connectivity index (χ0n) is 8.58. The summed E-state index contributed by atoms with van der Waals surface area (Å²) in [7, 11) is -3.64. The van der Waals surface area contributed by atoms with Crippen molar-refractivity contribution < 1.29 is 8.42 Å². The van der Waals surface area contributed by atoms with Crippen molar-refractivity contribution in [1.82, 2.24) is 15.2 Å². The topological polar surface area (TPSA) is 84.8 Å². The third kappa shape index (κ3) is 2.90. The van der Waals surface area contributed by atoms with Crippen LogP contribution in [-0.4, -0.2) is 23.6 Å². The van der Waals surface area contributed by atoms with Gasteiger partial charge in [-0.3, -0.25) is 4.72 Å². The monoisotopic (exact) mass is 290 g/mol. The third-order valence-electron chi connectivity index (χ3n) is 1.74. The zero-order chi connectivity index (χ0) is 12.5. The molecule has 0 spiro atoms. The van der Waals surface area contributed by atoms with E-state index in [-0.39, 0.29) is 15.2 Å². The van der Waals surface area contributed by atoms with Gasteiger partial charge in [0.2, 0.25) is 0 Å². The molecular formula is C8H7ClN4O2S2. The zero-order valence-corrected chi connectivity index (χ0v) is 11.0. The van der Waals surface area contributed by atoms with Gasteiger partial charge in [0.25, 0.3) is 10.0 Å². The van der Waals surface area contributed by atoms with Crippen LogP contribution in [0.2, 0.25) is 5.15 Å². The van der Waals surface area contributed by atoms with Gasteiger partial charge in [-0.25, -0.2) is 13.4 Å². The van der Waals surface area contributed by atoms with Gasteiger partial charge in [-0.2, -0.15) is 0 Å². The average Bonchev–Trinajstić information content (AvgIpc) is 2.69. The molecule has 0 amide bonds. The minimum atomic E-state index is -3.64. The van der Waals surface area contributed by atoms with Gasteiger partial charge in [-0.1, -0.05) is 11.6 Å². The molecule has 0 bridgehead atoms. The van der Waals surface area contributed by atoms with Crippen molar-refractivity contribution in [2.45, 2.75) is 11.1 Å². The maximum absolute atomic E-state index is 11.9. The highest BCUT2D eigenvalue weighted by molar-refractivity contribution is 7.94. The van der Waals surface area contributed by atoms with Crippen LogP contribution in [0, 0.1) is 6.92 Å². The Kier molecular flexibility index (Phi) is 3.27. The number of sulfonamides is 1. The van der Waals surface area contributed by atoms with E-state index in [1.807, 2.05) is 0 Å². The van der Waals surface area contributed by atoms with Crippen molar-refractivity contribution >= 4 is 38.8 Å². The first kappa shape index (κ1) is 12.2. The Morgan fingerprint density at radius 1 is 1.35 bits per heavy atom. The van der Waals surface area contributed by atoms with Crippen LogP contribution in [-0.2, 0) is 10.0 Å². The lowest BCUT2D eigenvalue weighted by atomic mass is 10.5. The minimum absolute atomic E-state index is 0.112. The van der Waals surface area contributed by atoms with Gasteiger partial charge in [0.15, 0.2) is 15.2 Å². The fraction of sp³-hybridized carbons (Fsp3) is 0.125. The Hall–Kier alpha value is -1.25. The van der Waals surface area contributed by atoms with E-state index < -0.39 is 10.0 Å². The fourth-order valence-corrected chi connectivity index (χ4v) is 3.23. The van der Waals surface area contributed by atoms with E-state index in [4.69, 9.17) is 11.6 Å². The number of nitrogens with one attached hydrogen (secondary N) is 1. The van der Waals surface area contributed by atoms with Crippen molar-refractivity contribution in [2.24, 2.45) is 0 Å². The molecule has 0 aliphatic rings. The molecular weight excluding hydrogens is 284 g/mol. The summed E-state index contributed by atoms with van der Waals surface area (Å²) in [5, 5.41) is 8.02. The van der Waals surface area contributed by atoms with E-state index >= 15 is 0 Å². The van der Waals surface area contributed by atoms with E-state index in [0.717, 1.165) is 11.3 Å². The SMILES string of the molecule is Cc1ncc(S(=O)(=O)Nc2ccc(Cl)nn2)s1. The lowest BCUT2D eigenvalue weighted by Gasteiger charge is -2.03. The predicted octanol–water partition coefficient (Wildman–Crippen LogP) is 1.70. The van der Waals surface area contributed by atoms with Crippen LogP contribution in [0.5, 0.6) is 0 Å². The lowest BCUT2D eigenvalue weighted by Crippen LogP contribution is -2.12. The highest BCUT2D eigenvalue weighted by atomic mass is 35.5. The summed E-state index contributed by atoms with van der Waals surface area (Å²) >= 11 is 6.63. The Morgan fingerprint density at radius 3 is 2.65 bits per heavy atom. The molecule has 90 valence electrons. The summed E-state index contributed by atoms with van der Waals surface area (Å²) in [6, 6.07) is 2.88. The first-order chi connectivity index (χ1) is 7.97. The molecule has 0 aliphatic heterocycles. The van der Waals surface area contributed by atoms with E-state index in [1.54, 1.807) is 6.92 Å². The molecule has 0 fully saturated rings. The molecule has 0 saturated heterocycles. The average molecular weight is 291 g/mol. The van der Waals surface area contributed by atoms with Crippen LogP contribution in [0.4, 0.5) is 5.82 Å². The Bertz CT molecular complexity index is 623. The smallest absolute Gasteiger partial charge is 0.261 e. The summed E-state index contributed by atoms with van der Waals surface area (Å²) < 4.78 is 26.1. The summed E-state index contributed by atoms with van der Waals surface area (Å²) in [5.41, 5.74) is 0. The van der Waals surface area contributed by atoms with Crippen LogP contribution >= 0.6 is 22.9 Å². The first-order valence-corrected chi connectivity index (χ1v) is 7.09. The van der Waals surface area contributed by atoms with E-state index in [9.17, 15) is 8.42 Å². The number of aryl methyl sites for hydroxylation is 1. The highest BCUT2D eigenvalue weighted by Gasteiger charge is 2.17. The predicted molar refractivity (Wildman–Crippen MR) is 64.7 cm³/mol. The molecule has 2 rings (SSSR count). The molecule has 0 atom stereocenters. The number of nitrogens with zero attached hydrogens (tertiary/aromatic N) is 3. The van der Waals surface area contributed by atoms with E-state index in [2.05, 4.69) is 19.9 Å². The van der Waals surface area contributed by atoms with Crippen LogP contribution in [0.15, 0.2) is 22.5 Å². The fourth-order valence-electron chi connectivity index (χ4n) is 1.02. The molecule has 0 aromatic carbocycles. The second-order valence-electron chi connectivity index (χ2n) is 3.05. The number of anilines is 1. The summed E-state index contributed by atoms with van der Waals surface area (Å²) in [6.45, 7) is 1.73. The number of hydrogen-bond donors (Lipinski definition) is 1. The molecule has 2 aromatic rings. The van der Waals surface area contributed by atoms with Crippen molar-refractivity contribution in [1.29, 1.82) is 0 Å². The van der Waals surface area contributed by atoms with Gasteiger partial charge in [0.1, 0.15) is 0 Å². The van der Waals surface area contributed by atoms with Gasteiger partial charge in [-0.15, -0.1) is 21.5 Å². The molecule has 9 heteroatoms. The molecule has 17 heavy (non-hydrogen) atoms.